The zero-order valence-corrected chi connectivity index (χ0v) is 6.64. The predicted molar refractivity (Wildman–Crippen MR) is 46.3 cm³/mol. The predicted octanol–water partition coefficient (Wildman–Crippen LogP) is 2.03. The highest BCUT2D eigenvalue weighted by Gasteiger charge is 2.13. The van der Waals surface area contributed by atoms with Gasteiger partial charge in [-0.1, -0.05) is 36.4 Å². The van der Waals surface area contributed by atoms with Gasteiger partial charge in [0.15, 0.2) is 13.1 Å². The van der Waals surface area contributed by atoms with E-state index in [2.05, 4.69) is 0 Å². The van der Waals surface area contributed by atoms with Gasteiger partial charge in [-0.2, -0.15) is 0 Å². The Hall–Kier alpha value is -1.12. The maximum Gasteiger partial charge on any atom is 0.182 e. The van der Waals surface area contributed by atoms with Crippen LogP contribution in [0, 0.1) is 0 Å². The molecule has 1 fully saturated rings. The van der Waals surface area contributed by atoms with Gasteiger partial charge in [-0.25, -0.2) is 0 Å². The van der Waals surface area contributed by atoms with E-state index in [-0.39, 0.29) is 6.29 Å². The molecule has 0 N–H and O–H groups in total. The molecule has 2 nitrogen and oxygen atoms in total. The van der Waals surface area contributed by atoms with Crippen LogP contribution in [0.5, 0.6) is 0 Å². The fourth-order valence-electron chi connectivity index (χ4n) is 1.01. The molecule has 0 aliphatic carbocycles. The van der Waals surface area contributed by atoms with Crippen molar-refractivity contribution in [2.75, 3.05) is 6.79 Å². The van der Waals surface area contributed by atoms with Crippen molar-refractivity contribution >= 4 is 6.08 Å². The Kier molecular flexibility index (Phi) is 2.21. The normalized spacial score (nSPS) is 18.0. The highest BCUT2D eigenvalue weighted by molar-refractivity contribution is 5.49. The number of ether oxygens (including phenoxy) is 2. The summed E-state index contributed by atoms with van der Waals surface area (Å²) >= 11 is 0. The third-order valence-electron chi connectivity index (χ3n) is 1.71. The van der Waals surface area contributed by atoms with Gasteiger partial charge in [-0.3, -0.25) is 0 Å². The van der Waals surface area contributed by atoms with E-state index in [9.17, 15) is 0 Å². The lowest BCUT2D eigenvalue weighted by Crippen LogP contribution is -2.27. The SMILES string of the molecule is C(=CC1OCO1)c1ccccc1. The summed E-state index contributed by atoms with van der Waals surface area (Å²) in [6.45, 7) is 0.420. The van der Waals surface area contributed by atoms with Gasteiger partial charge < -0.3 is 9.47 Å². The molecule has 1 heterocycles. The molecule has 1 saturated heterocycles. The lowest BCUT2D eigenvalue weighted by Gasteiger charge is -2.23. The second-order valence-electron chi connectivity index (χ2n) is 2.59. The Morgan fingerprint density at radius 1 is 1.17 bits per heavy atom. The summed E-state index contributed by atoms with van der Waals surface area (Å²) < 4.78 is 10.1. The molecule has 12 heavy (non-hydrogen) atoms. The van der Waals surface area contributed by atoms with Gasteiger partial charge in [0.2, 0.25) is 0 Å². The topological polar surface area (TPSA) is 18.5 Å². The van der Waals surface area contributed by atoms with Gasteiger partial charge in [0.25, 0.3) is 0 Å². The molecule has 1 aliphatic rings. The first-order valence-corrected chi connectivity index (χ1v) is 3.91. The molecule has 1 aliphatic heterocycles. The van der Waals surface area contributed by atoms with E-state index in [1.807, 2.05) is 42.5 Å². The molecule has 0 radical (unpaired) electrons. The molecule has 0 atom stereocenters. The lowest BCUT2D eigenvalue weighted by molar-refractivity contribution is -0.295. The fourth-order valence-corrected chi connectivity index (χ4v) is 1.01. The zero-order valence-electron chi connectivity index (χ0n) is 6.64. The lowest BCUT2D eigenvalue weighted by atomic mass is 10.2. The van der Waals surface area contributed by atoms with Crippen LogP contribution < -0.4 is 0 Å². The van der Waals surface area contributed by atoms with E-state index in [4.69, 9.17) is 9.47 Å². The molecule has 2 heteroatoms. The number of benzene rings is 1. The molecule has 0 unspecified atom stereocenters. The van der Waals surface area contributed by atoms with Gasteiger partial charge in [0, 0.05) is 0 Å². The minimum absolute atomic E-state index is 0.134. The van der Waals surface area contributed by atoms with E-state index in [1.54, 1.807) is 0 Å². The molecule has 0 amide bonds. The molecule has 1 aromatic carbocycles. The zero-order chi connectivity index (χ0) is 8.23. The Morgan fingerprint density at radius 3 is 2.50 bits per heavy atom. The highest BCUT2D eigenvalue weighted by Crippen LogP contribution is 2.10. The van der Waals surface area contributed by atoms with Crippen molar-refractivity contribution in [3.63, 3.8) is 0 Å². The molecule has 0 aromatic heterocycles. The summed E-state index contributed by atoms with van der Waals surface area (Å²) in [5.74, 6) is 0. The number of rotatable bonds is 2. The average molecular weight is 162 g/mol. The van der Waals surface area contributed by atoms with Crippen LogP contribution in [0.15, 0.2) is 36.4 Å². The minimum Gasteiger partial charge on any atom is -0.323 e. The third kappa shape index (κ3) is 1.72. The summed E-state index contributed by atoms with van der Waals surface area (Å²) in [4.78, 5) is 0. The molecule has 0 bridgehead atoms. The maximum atomic E-state index is 5.04. The van der Waals surface area contributed by atoms with Crippen LogP contribution in [0.1, 0.15) is 5.56 Å². The number of hydrogen-bond donors (Lipinski definition) is 0. The summed E-state index contributed by atoms with van der Waals surface area (Å²) in [5.41, 5.74) is 1.16. The van der Waals surface area contributed by atoms with Crippen LogP contribution in [-0.2, 0) is 9.47 Å². The van der Waals surface area contributed by atoms with Gasteiger partial charge >= 0.3 is 0 Å². The van der Waals surface area contributed by atoms with Crippen molar-refractivity contribution in [3.8, 4) is 0 Å². The Balaban J connectivity index is 1.98. The highest BCUT2D eigenvalue weighted by atomic mass is 16.8. The van der Waals surface area contributed by atoms with E-state index in [0.717, 1.165) is 5.56 Å². The van der Waals surface area contributed by atoms with Gasteiger partial charge in [-0.15, -0.1) is 0 Å². The van der Waals surface area contributed by atoms with E-state index >= 15 is 0 Å². The summed E-state index contributed by atoms with van der Waals surface area (Å²) in [7, 11) is 0. The van der Waals surface area contributed by atoms with Crippen LogP contribution >= 0.6 is 0 Å². The van der Waals surface area contributed by atoms with Crippen molar-refractivity contribution in [3.05, 3.63) is 42.0 Å². The van der Waals surface area contributed by atoms with Crippen LogP contribution in [-0.4, -0.2) is 13.1 Å². The monoisotopic (exact) mass is 162 g/mol. The Morgan fingerprint density at radius 2 is 1.92 bits per heavy atom. The fraction of sp³-hybridized carbons (Fsp3) is 0.200. The second kappa shape index (κ2) is 3.52. The van der Waals surface area contributed by atoms with Crippen molar-refractivity contribution < 1.29 is 9.47 Å². The Labute approximate surface area is 71.4 Å². The standard InChI is InChI=1S/C10H10O2/c1-2-4-9(5-3-1)6-7-10-11-8-12-10/h1-7,10H,8H2. The first-order chi connectivity index (χ1) is 5.95. The molecular formula is C10H10O2. The van der Waals surface area contributed by atoms with Crippen LogP contribution in [0.3, 0.4) is 0 Å². The largest absolute Gasteiger partial charge is 0.323 e. The van der Waals surface area contributed by atoms with Gasteiger partial charge in [-0.05, 0) is 11.6 Å². The van der Waals surface area contributed by atoms with E-state index in [0.29, 0.717) is 6.79 Å². The van der Waals surface area contributed by atoms with Crippen molar-refractivity contribution in [2.24, 2.45) is 0 Å². The number of hydrogen-bond acceptors (Lipinski definition) is 2. The van der Waals surface area contributed by atoms with Crippen LogP contribution in [0.25, 0.3) is 6.08 Å². The van der Waals surface area contributed by atoms with Crippen LogP contribution in [0.4, 0.5) is 0 Å². The van der Waals surface area contributed by atoms with E-state index in [1.165, 1.54) is 0 Å². The summed E-state index contributed by atoms with van der Waals surface area (Å²) in [5, 5.41) is 0. The second-order valence-corrected chi connectivity index (χ2v) is 2.59. The molecule has 0 spiro atoms. The first kappa shape index (κ1) is 7.53. The molecular weight excluding hydrogens is 152 g/mol. The summed E-state index contributed by atoms with van der Waals surface area (Å²) in [6.07, 6.45) is 3.76. The van der Waals surface area contributed by atoms with Gasteiger partial charge in [0.1, 0.15) is 0 Å². The smallest absolute Gasteiger partial charge is 0.182 e. The Bertz CT molecular complexity index is 262. The quantitative estimate of drug-likeness (QED) is 0.662. The average Bonchev–Trinajstić information content (AvgIpc) is 2.04. The third-order valence-corrected chi connectivity index (χ3v) is 1.71. The molecule has 0 saturated carbocycles. The maximum absolute atomic E-state index is 5.04. The molecule has 1 aromatic rings. The van der Waals surface area contributed by atoms with Crippen LogP contribution in [0.2, 0.25) is 0 Å². The van der Waals surface area contributed by atoms with E-state index < -0.39 is 0 Å². The van der Waals surface area contributed by atoms with Gasteiger partial charge in [0.05, 0.1) is 0 Å². The summed E-state index contributed by atoms with van der Waals surface area (Å²) in [6, 6.07) is 10.1. The van der Waals surface area contributed by atoms with Crippen molar-refractivity contribution in [2.45, 2.75) is 6.29 Å². The molecule has 62 valence electrons. The van der Waals surface area contributed by atoms with Crippen molar-refractivity contribution in [1.82, 2.24) is 0 Å². The minimum atomic E-state index is -0.134. The molecule has 2 rings (SSSR count). The first-order valence-electron chi connectivity index (χ1n) is 3.91. The van der Waals surface area contributed by atoms with Crippen molar-refractivity contribution in [1.29, 1.82) is 0 Å².